The quantitative estimate of drug-likeness (QED) is 0.207. The molecule has 0 radical (unpaired) electrons. The van der Waals surface area contributed by atoms with Crippen molar-refractivity contribution in [3.05, 3.63) is 120 Å². The van der Waals surface area contributed by atoms with E-state index in [1.54, 1.807) is 75.6 Å². The normalized spacial score (nSPS) is 14.5. The SMILES string of the molecule is CCOC(=O)C1=C(C)N=c2s/c(=C\c3ccc(OC(=O)c4ccc(OC)cc4)cc3)c(=O)n2[C@@H]1c1ccc(OCC)cc1. The highest BCUT2D eigenvalue weighted by Gasteiger charge is 2.33. The largest absolute Gasteiger partial charge is 0.497 e. The van der Waals surface area contributed by atoms with E-state index in [1.807, 2.05) is 31.2 Å². The summed E-state index contributed by atoms with van der Waals surface area (Å²) in [6.45, 7) is 6.10. The number of esters is 2. The number of fused-ring (bicyclic) bond motifs is 1. The van der Waals surface area contributed by atoms with Gasteiger partial charge < -0.3 is 18.9 Å². The average molecular weight is 599 g/mol. The van der Waals surface area contributed by atoms with Crippen molar-refractivity contribution in [3.63, 3.8) is 0 Å². The van der Waals surface area contributed by atoms with Gasteiger partial charge in [-0.05, 0) is 86.5 Å². The number of methoxy groups -OCH3 is 1. The van der Waals surface area contributed by atoms with E-state index >= 15 is 0 Å². The van der Waals surface area contributed by atoms with Crippen LogP contribution in [-0.2, 0) is 9.53 Å². The molecule has 0 amide bonds. The fourth-order valence-electron chi connectivity index (χ4n) is 4.70. The molecule has 0 fully saturated rings. The maximum atomic E-state index is 13.8. The Bertz CT molecular complexity index is 1850. The molecule has 1 atom stereocenters. The minimum Gasteiger partial charge on any atom is -0.497 e. The highest BCUT2D eigenvalue weighted by atomic mass is 32.1. The fourth-order valence-corrected chi connectivity index (χ4v) is 5.74. The molecule has 220 valence electrons. The van der Waals surface area contributed by atoms with Gasteiger partial charge in [-0.15, -0.1) is 0 Å². The Morgan fingerprint density at radius 1 is 0.884 bits per heavy atom. The summed E-state index contributed by atoms with van der Waals surface area (Å²) in [5, 5.41) is 0. The fraction of sp³-hybridized carbons (Fsp3) is 0.212. The van der Waals surface area contributed by atoms with Crippen LogP contribution in [-0.4, -0.2) is 36.8 Å². The smallest absolute Gasteiger partial charge is 0.343 e. The number of thiazole rings is 1. The highest BCUT2D eigenvalue weighted by molar-refractivity contribution is 7.07. The molecule has 5 rings (SSSR count). The highest BCUT2D eigenvalue weighted by Crippen LogP contribution is 2.31. The molecule has 0 N–H and O–H groups in total. The summed E-state index contributed by atoms with van der Waals surface area (Å²) in [6, 6.07) is 20.1. The zero-order valence-corrected chi connectivity index (χ0v) is 25.0. The number of allylic oxidation sites excluding steroid dienone is 1. The van der Waals surface area contributed by atoms with E-state index in [4.69, 9.17) is 18.9 Å². The molecule has 1 aliphatic rings. The van der Waals surface area contributed by atoms with Gasteiger partial charge in [0, 0.05) is 0 Å². The monoisotopic (exact) mass is 598 g/mol. The average Bonchev–Trinajstić information content (AvgIpc) is 3.31. The van der Waals surface area contributed by atoms with Gasteiger partial charge in [-0.2, -0.15) is 0 Å². The lowest BCUT2D eigenvalue weighted by molar-refractivity contribution is -0.139. The standard InChI is InChI=1S/C33H30N2O7S/c1-5-40-25-17-9-22(10-18-25)29-28(32(38)41-6-2)20(3)34-33-35(29)30(36)27(43-33)19-21-7-13-26(14-8-21)42-31(37)23-11-15-24(39-4)16-12-23/h7-19,29H,5-6H2,1-4H3/b27-19-/t29-/m1/s1. The number of rotatable bonds is 9. The van der Waals surface area contributed by atoms with Gasteiger partial charge >= 0.3 is 11.9 Å². The first kappa shape index (κ1) is 29.5. The molecule has 0 bridgehead atoms. The Morgan fingerprint density at radius 3 is 2.16 bits per heavy atom. The number of ether oxygens (including phenoxy) is 4. The van der Waals surface area contributed by atoms with Crippen LogP contribution in [0.25, 0.3) is 6.08 Å². The molecule has 0 unspecified atom stereocenters. The van der Waals surface area contributed by atoms with Crippen LogP contribution in [0.5, 0.6) is 17.2 Å². The molecule has 0 saturated carbocycles. The summed E-state index contributed by atoms with van der Waals surface area (Å²) in [7, 11) is 1.56. The summed E-state index contributed by atoms with van der Waals surface area (Å²) < 4.78 is 23.5. The Morgan fingerprint density at radius 2 is 1.53 bits per heavy atom. The molecule has 3 aromatic carbocycles. The maximum Gasteiger partial charge on any atom is 0.343 e. The second-order valence-electron chi connectivity index (χ2n) is 9.49. The van der Waals surface area contributed by atoms with Crippen LogP contribution in [0.2, 0.25) is 0 Å². The van der Waals surface area contributed by atoms with E-state index in [0.717, 1.165) is 11.1 Å². The topological polar surface area (TPSA) is 105 Å². The van der Waals surface area contributed by atoms with Gasteiger partial charge in [0.1, 0.15) is 17.2 Å². The minimum atomic E-state index is -0.715. The maximum absolute atomic E-state index is 13.8. The van der Waals surface area contributed by atoms with E-state index < -0.39 is 18.0 Å². The van der Waals surface area contributed by atoms with E-state index in [1.165, 1.54) is 15.9 Å². The first-order valence-corrected chi connectivity index (χ1v) is 14.5. The van der Waals surface area contributed by atoms with Gasteiger partial charge in [0.2, 0.25) is 0 Å². The molecular weight excluding hydrogens is 568 g/mol. The summed E-state index contributed by atoms with van der Waals surface area (Å²) >= 11 is 1.23. The third-order valence-electron chi connectivity index (χ3n) is 6.74. The second-order valence-corrected chi connectivity index (χ2v) is 10.5. The van der Waals surface area contributed by atoms with E-state index in [0.29, 0.717) is 50.0 Å². The van der Waals surface area contributed by atoms with Gasteiger partial charge in [0.05, 0.1) is 47.7 Å². The molecule has 4 aromatic rings. The number of nitrogens with zero attached hydrogens (tertiary/aromatic N) is 2. The molecule has 2 heterocycles. The van der Waals surface area contributed by atoms with Crippen molar-refractivity contribution in [1.29, 1.82) is 0 Å². The first-order chi connectivity index (χ1) is 20.8. The lowest BCUT2D eigenvalue weighted by Gasteiger charge is -2.24. The molecular formula is C33H30N2O7S. The number of benzene rings is 3. The minimum absolute atomic E-state index is 0.196. The molecule has 0 saturated heterocycles. The van der Waals surface area contributed by atoms with Crippen molar-refractivity contribution in [2.75, 3.05) is 20.3 Å². The molecule has 43 heavy (non-hydrogen) atoms. The predicted octanol–water partition coefficient (Wildman–Crippen LogP) is 4.42. The second kappa shape index (κ2) is 12.9. The van der Waals surface area contributed by atoms with Crippen molar-refractivity contribution in [2.45, 2.75) is 26.8 Å². The number of hydrogen-bond acceptors (Lipinski definition) is 9. The van der Waals surface area contributed by atoms with Crippen molar-refractivity contribution < 1.29 is 28.5 Å². The van der Waals surface area contributed by atoms with Gasteiger partial charge in [0.25, 0.3) is 5.56 Å². The van der Waals surface area contributed by atoms with Gasteiger partial charge in [-0.25, -0.2) is 14.6 Å². The summed E-state index contributed by atoms with van der Waals surface area (Å²) in [4.78, 5) is 44.5. The van der Waals surface area contributed by atoms with Crippen LogP contribution in [0.4, 0.5) is 0 Å². The van der Waals surface area contributed by atoms with Gasteiger partial charge in [-0.1, -0.05) is 35.6 Å². The first-order valence-electron chi connectivity index (χ1n) is 13.7. The Labute approximate surface area is 252 Å². The van der Waals surface area contributed by atoms with Crippen molar-refractivity contribution in [2.24, 2.45) is 4.99 Å². The Balaban J connectivity index is 1.47. The van der Waals surface area contributed by atoms with Crippen LogP contribution in [0.15, 0.2) is 93.9 Å². The lowest BCUT2D eigenvalue weighted by Crippen LogP contribution is -2.39. The van der Waals surface area contributed by atoms with Crippen molar-refractivity contribution in [3.8, 4) is 17.2 Å². The molecule has 1 aliphatic heterocycles. The zero-order chi connectivity index (χ0) is 30.5. The van der Waals surface area contributed by atoms with Gasteiger partial charge in [0.15, 0.2) is 4.80 Å². The van der Waals surface area contributed by atoms with Crippen LogP contribution >= 0.6 is 11.3 Å². The third-order valence-corrected chi connectivity index (χ3v) is 7.72. The van der Waals surface area contributed by atoms with Gasteiger partial charge in [-0.3, -0.25) is 9.36 Å². The molecule has 0 aliphatic carbocycles. The number of carbonyl (C=O) groups excluding carboxylic acids is 2. The van der Waals surface area contributed by atoms with E-state index in [2.05, 4.69) is 4.99 Å². The Kier molecular flexibility index (Phi) is 8.87. The summed E-state index contributed by atoms with van der Waals surface area (Å²) in [5.74, 6) is 0.687. The molecule has 0 spiro atoms. The van der Waals surface area contributed by atoms with Crippen molar-refractivity contribution >= 4 is 29.4 Å². The summed E-state index contributed by atoms with van der Waals surface area (Å²) in [5.41, 5.74) is 2.38. The Hall–Kier alpha value is -4.96. The molecule has 10 heteroatoms. The molecule has 9 nitrogen and oxygen atoms in total. The van der Waals surface area contributed by atoms with E-state index in [9.17, 15) is 14.4 Å². The number of hydrogen-bond donors (Lipinski definition) is 0. The molecule has 1 aromatic heterocycles. The predicted molar refractivity (Wildman–Crippen MR) is 162 cm³/mol. The number of carbonyl (C=O) groups is 2. The summed E-state index contributed by atoms with van der Waals surface area (Å²) in [6.07, 6.45) is 1.75. The lowest BCUT2D eigenvalue weighted by atomic mass is 9.96. The number of aromatic nitrogens is 1. The third kappa shape index (κ3) is 6.29. The van der Waals surface area contributed by atoms with Crippen molar-refractivity contribution in [1.82, 2.24) is 4.57 Å². The zero-order valence-electron chi connectivity index (χ0n) is 24.2. The van der Waals surface area contributed by atoms with Crippen LogP contribution in [0.1, 0.15) is 48.3 Å². The van der Waals surface area contributed by atoms with Crippen LogP contribution in [0.3, 0.4) is 0 Å². The van der Waals surface area contributed by atoms with Crippen LogP contribution in [0, 0.1) is 0 Å². The van der Waals surface area contributed by atoms with Crippen LogP contribution < -0.4 is 29.1 Å². The van der Waals surface area contributed by atoms with E-state index in [-0.39, 0.29) is 12.2 Å².